The Morgan fingerprint density at radius 3 is 2.57 bits per heavy atom. The molecule has 2 aromatic rings. The van der Waals surface area contributed by atoms with E-state index in [0.717, 1.165) is 37.1 Å². The molecule has 3 rings (SSSR count). The lowest BCUT2D eigenvalue weighted by Gasteiger charge is -2.34. The Balaban J connectivity index is 0.00000432. The zero-order valence-corrected chi connectivity index (χ0v) is 22.5. The van der Waals surface area contributed by atoms with Gasteiger partial charge in [0.15, 0.2) is 5.75 Å². The van der Waals surface area contributed by atoms with Crippen molar-refractivity contribution in [3.8, 4) is 11.6 Å². The number of rotatable bonds is 11. The van der Waals surface area contributed by atoms with Crippen molar-refractivity contribution in [3.63, 3.8) is 0 Å². The SMILES string of the molecule is COCC1CCCN(C(=O)C(CN)Cc2ccc(OCCOc3c(Cl)cc(C)cc3Cl)nc2)C1.Cl. The second-order valence-electron chi connectivity index (χ2n) is 8.64. The molecule has 0 bridgehead atoms. The van der Waals surface area contributed by atoms with Crippen LogP contribution in [-0.2, 0) is 16.0 Å². The van der Waals surface area contributed by atoms with E-state index in [-0.39, 0.29) is 37.4 Å². The van der Waals surface area contributed by atoms with Gasteiger partial charge in [-0.15, -0.1) is 12.4 Å². The Kier molecular flexibility index (Phi) is 12.4. The summed E-state index contributed by atoms with van der Waals surface area (Å²) < 4.78 is 16.6. The van der Waals surface area contributed by atoms with Crippen molar-refractivity contribution in [3.05, 3.63) is 51.6 Å². The number of carbonyl (C=O) groups excluding carboxylic acids is 1. The van der Waals surface area contributed by atoms with Crippen LogP contribution in [0.2, 0.25) is 10.0 Å². The third-order valence-electron chi connectivity index (χ3n) is 5.87. The number of nitrogens with two attached hydrogens (primary N) is 1. The van der Waals surface area contributed by atoms with Crippen LogP contribution in [-0.4, -0.2) is 62.4 Å². The fourth-order valence-corrected chi connectivity index (χ4v) is 4.89. The summed E-state index contributed by atoms with van der Waals surface area (Å²) in [7, 11) is 1.70. The molecule has 2 N–H and O–H groups in total. The molecule has 2 heterocycles. The minimum Gasteiger partial charge on any atom is -0.487 e. The van der Waals surface area contributed by atoms with Gasteiger partial charge in [0.1, 0.15) is 13.2 Å². The van der Waals surface area contributed by atoms with E-state index in [2.05, 4.69) is 4.98 Å². The van der Waals surface area contributed by atoms with Crippen LogP contribution in [0.1, 0.15) is 24.0 Å². The number of halogens is 3. The molecule has 1 aromatic heterocycles. The number of aryl methyl sites for hydroxylation is 1. The Morgan fingerprint density at radius 2 is 1.94 bits per heavy atom. The van der Waals surface area contributed by atoms with Crippen LogP contribution in [0, 0.1) is 18.8 Å². The molecular weight excluding hydrogens is 513 g/mol. The lowest BCUT2D eigenvalue weighted by Crippen LogP contribution is -2.46. The maximum absolute atomic E-state index is 13.0. The summed E-state index contributed by atoms with van der Waals surface area (Å²) in [6.07, 6.45) is 4.36. The number of amides is 1. The van der Waals surface area contributed by atoms with E-state index in [1.54, 1.807) is 31.5 Å². The van der Waals surface area contributed by atoms with Gasteiger partial charge in [-0.2, -0.15) is 0 Å². The van der Waals surface area contributed by atoms with Crippen molar-refractivity contribution < 1.29 is 19.0 Å². The fourth-order valence-electron chi connectivity index (χ4n) is 4.18. The zero-order valence-electron chi connectivity index (χ0n) is 20.2. The van der Waals surface area contributed by atoms with Crippen LogP contribution in [0.5, 0.6) is 11.6 Å². The number of methoxy groups -OCH3 is 1. The predicted molar refractivity (Wildman–Crippen MR) is 141 cm³/mol. The summed E-state index contributed by atoms with van der Waals surface area (Å²) in [6.45, 7) is 4.96. The van der Waals surface area contributed by atoms with Crippen molar-refractivity contribution in [1.82, 2.24) is 9.88 Å². The number of hydrogen-bond donors (Lipinski definition) is 1. The van der Waals surface area contributed by atoms with Crippen molar-refractivity contribution >= 4 is 41.5 Å². The van der Waals surface area contributed by atoms with Crippen LogP contribution < -0.4 is 15.2 Å². The first-order valence-corrected chi connectivity index (χ1v) is 12.3. The van der Waals surface area contributed by atoms with Crippen molar-refractivity contribution in [1.29, 1.82) is 0 Å². The Morgan fingerprint density at radius 1 is 1.23 bits per heavy atom. The van der Waals surface area contributed by atoms with Crippen LogP contribution in [0.15, 0.2) is 30.5 Å². The van der Waals surface area contributed by atoms with Gasteiger partial charge in [-0.3, -0.25) is 4.79 Å². The van der Waals surface area contributed by atoms with Gasteiger partial charge in [0.05, 0.1) is 22.6 Å². The number of nitrogens with zero attached hydrogens (tertiary/aromatic N) is 2. The van der Waals surface area contributed by atoms with E-state index in [1.165, 1.54) is 0 Å². The highest BCUT2D eigenvalue weighted by Gasteiger charge is 2.28. The van der Waals surface area contributed by atoms with E-state index in [1.807, 2.05) is 17.9 Å². The van der Waals surface area contributed by atoms with Crippen molar-refractivity contribution in [2.75, 3.05) is 46.6 Å². The maximum Gasteiger partial charge on any atom is 0.227 e. The average molecular weight is 547 g/mol. The van der Waals surface area contributed by atoms with Gasteiger partial charge in [0.2, 0.25) is 11.8 Å². The quantitative estimate of drug-likeness (QED) is 0.415. The first-order chi connectivity index (χ1) is 16.4. The Labute approximate surface area is 223 Å². The first kappa shape index (κ1) is 29.5. The molecular formula is C25H34Cl3N3O4. The molecule has 2 unspecified atom stereocenters. The number of hydrogen-bond acceptors (Lipinski definition) is 6. The highest BCUT2D eigenvalue weighted by molar-refractivity contribution is 6.37. The van der Waals surface area contributed by atoms with Crippen LogP contribution in [0.3, 0.4) is 0 Å². The molecule has 194 valence electrons. The predicted octanol–water partition coefficient (Wildman–Crippen LogP) is 4.58. The standard InChI is InChI=1S/C25H33Cl2N3O4.ClH/c1-17-10-21(26)24(22(27)11-17)34-9-8-33-23-6-5-18(14-29-23)12-20(13-28)25(31)30-7-3-4-19(15-30)16-32-2;/h5-6,10-11,14,19-20H,3-4,7-9,12-13,15-16,28H2,1-2H3;1H. The molecule has 0 radical (unpaired) electrons. The smallest absolute Gasteiger partial charge is 0.227 e. The number of aromatic nitrogens is 1. The molecule has 1 amide bonds. The van der Waals surface area contributed by atoms with Gasteiger partial charge >= 0.3 is 0 Å². The number of benzene rings is 1. The summed E-state index contributed by atoms with van der Waals surface area (Å²) >= 11 is 12.4. The summed E-state index contributed by atoms with van der Waals surface area (Å²) in [5.41, 5.74) is 7.87. The molecule has 0 aliphatic carbocycles. The third kappa shape index (κ3) is 8.69. The molecule has 1 saturated heterocycles. The van der Waals surface area contributed by atoms with Gasteiger partial charge in [-0.05, 0) is 55.4 Å². The Bertz CT molecular complexity index is 921. The van der Waals surface area contributed by atoms with Crippen molar-refractivity contribution in [2.24, 2.45) is 17.6 Å². The summed E-state index contributed by atoms with van der Waals surface area (Å²) in [5, 5.41) is 0.936. The van der Waals surface area contributed by atoms with E-state index in [0.29, 0.717) is 47.2 Å². The summed E-state index contributed by atoms with van der Waals surface area (Å²) in [4.78, 5) is 19.3. The average Bonchev–Trinajstić information content (AvgIpc) is 2.82. The summed E-state index contributed by atoms with van der Waals surface area (Å²) in [5.74, 6) is 1.14. The van der Waals surface area contributed by atoms with Crippen molar-refractivity contribution in [2.45, 2.75) is 26.2 Å². The second kappa shape index (κ2) is 14.7. The molecule has 35 heavy (non-hydrogen) atoms. The topological polar surface area (TPSA) is 86.9 Å². The van der Waals surface area contributed by atoms with E-state index < -0.39 is 0 Å². The number of carbonyl (C=O) groups is 1. The van der Waals surface area contributed by atoms with E-state index in [4.69, 9.17) is 43.1 Å². The zero-order chi connectivity index (χ0) is 24.5. The molecule has 0 saturated carbocycles. The molecule has 1 aliphatic rings. The Hall–Kier alpha value is -1.77. The van der Waals surface area contributed by atoms with Gasteiger partial charge in [-0.25, -0.2) is 4.98 Å². The van der Waals surface area contributed by atoms with E-state index >= 15 is 0 Å². The lowest BCUT2D eigenvalue weighted by atomic mass is 9.94. The van der Waals surface area contributed by atoms with E-state index in [9.17, 15) is 4.79 Å². The molecule has 1 aromatic carbocycles. The molecule has 10 heteroatoms. The number of pyridine rings is 1. The summed E-state index contributed by atoms with van der Waals surface area (Å²) in [6, 6.07) is 7.30. The molecule has 7 nitrogen and oxygen atoms in total. The van der Waals surface area contributed by atoms with Gasteiger partial charge in [-0.1, -0.05) is 29.3 Å². The molecule has 2 atom stereocenters. The number of likely N-dealkylation sites (tertiary alicyclic amines) is 1. The highest BCUT2D eigenvalue weighted by atomic mass is 35.5. The molecule has 0 spiro atoms. The minimum atomic E-state index is -0.271. The number of piperidine rings is 1. The lowest BCUT2D eigenvalue weighted by molar-refractivity contribution is -0.137. The molecule has 1 aliphatic heterocycles. The fraction of sp³-hybridized carbons (Fsp3) is 0.520. The normalized spacial score (nSPS) is 16.4. The van der Waals surface area contributed by atoms with Gasteiger partial charge < -0.3 is 24.8 Å². The minimum absolute atomic E-state index is 0. The number of ether oxygens (including phenoxy) is 3. The monoisotopic (exact) mass is 545 g/mol. The van der Waals surface area contributed by atoms with Gasteiger partial charge in [0.25, 0.3) is 0 Å². The second-order valence-corrected chi connectivity index (χ2v) is 9.46. The maximum atomic E-state index is 13.0. The molecule has 1 fully saturated rings. The van der Waals surface area contributed by atoms with Crippen LogP contribution in [0.25, 0.3) is 0 Å². The van der Waals surface area contributed by atoms with Crippen LogP contribution >= 0.6 is 35.6 Å². The highest BCUT2D eigenvalue weighted by Crippen LogP contribution is 2.34. The largest absolute Gasteiger partial charge is 0.487 e. The third-order valence-corrected chi connectivity index (χ3v) is 6.43. The van der Waals surface area contributed by atoms with Gasteiger partial charge in [0, 0.05) is 39.0 Å². The first-order valence-electron chi connectivity index (χ1n) is 11.5. The van der Waals surface area contributed by atoms with Crippen LogP contribution in [0.4, 0.5) is 0 Å².